The van der Waals surface area contributed by atoms with Gasteiger partial charge in [-0.2, -0.15) is 0 Å². The summed E-state index contributed by atoms with van der Waals surface area (Å²) >= 11 is 0. The highest BCUT2D eigenvalue weighted by Gasteiger charge is 2.19. The Hall–Kier alpha value is -2.96. The fourth-order valence-electron chi connectivity index (χ4n) is 3.56. The van der Waals surface area contributed by atoms with Crippen molar-refractivity contribution in [3.63, 3.8) is 0 Å². The summed E-state index contributed by atoms with van der Waals surface area (Å²) in [6.07, 6.45) is 1.25. The van der Waals surface area contributed by atoms with E-state index in [0.29, 0.717) is 12.8 Å². The van der Waals surface area contributed by atoms with Crippen LogP contribution in [0.3, 0.4) is 0 Å². The van der Waals surface area contributed by atoms with E-state index in [-0.39, 0.29) is 21.4 Å². The molecular weight excluding hydrogens is 398 g/mol. The number of sulfone groups is 1. The fourth-order valence-corrected chi connectivity index (χ4v) is 4.83. The first-order valence-electron chi connectivity index (χ1n) is 9.79. The molecule has 0 radical (unpaired) electrons. The molecule has 3 rings (SSSR count). The monoisotopic (exact) mass is 423 g/mol. The second kappa shape index (κ2) is 8.81. The Bertz CT molecular complexity index is 1150. The van der Waals surface area contributed by atoms with Crippen LogP contribution in [0.1, 0.15) is 35.3 Å². The lowest BCUT2D eigenvalue weighted by molar-refractivity contribution is 0.0695. The molecule has 0 amide bonds. The van der Waals surface area contributed by atoms with Gasteiger partial charge in [0.25, 0.3) is 0 Å². The minimum Gasteiger partial charge on any atom is -0.478 e. The molecule has 3 aromatic rings. The molecule has 0 aliphatic heterocycles. The molecule has 0 aliphatic rings. The SMILES string of the molecule is CCc1c(C(=O)O)cccc1-c1ccc(S(=O)(=O)c2ccc(CC(C)N)cc2)cc1. The highest BCUT2D eigenvalue weighted by molar-refractivity contribution is 7.91. The van der Waals surface area contributed by atoms with Gasteiger partial charge in [0.1, 0.15) is 0 Å². The summed E-state index contributed by atoms with van der Waals surface area (Å²) in [6, 6.07) is 18.5. The Morgan fingerprint density at radius 2 is 1.53 bits per heavy atom. The maximum Gasteiger partial charge on any atom is 0.335 e. The van der Waals surface area contributed by atoms with Crippen LogP contribution in [-0.2, 0) is 22.7 Å². The number of carboxylic acids is 1. The summed E-state index contributed by atoms with van der Waals surface area (Å²) in [5, 5.41) is 9.43. The molecule has 0 aromatic heterocycles. The zero-order chi connectivity index (χ0) is 21.9. The van der Waals surface area contributed by atoms with Gasteiger partial charge in [0.15, 0.2) is 0 Å². The Labute approximate surface area is 177 Å². The predicted octanol–water partition coefficient (Wildman–Crippen LogP) is 4.34. The summed E-state index contributed by atoms with van der Waals surface area (Å²) < 4.78 is 26.0. The summed E-state index contributed by atoms with van der Waals surface area (Å²) in [7, 11) is -3.65. The van der Waals surface area contributed by atoms with E-state index < -0.39 is 15.8 Å². The van der Waals surface area contributed by atoms with Crippen molar-refractivity contribution in [1.29, 1.82) is 0 Å². The van der Waals surface area contributed by atoms with Gasteiger partial charge < -0.3 is 10.8 Å². The van der Waals surface area contributed by atoms with Crippen molar-refractivity contribution in [3.05, 3.63) is 83.4 Å². The van der Waals surface area contributed by atoms with Crippen LogP contribution >= 0.6 is 0 Å². The third-order valence-electron chi connectivity index (χ3n) is 5.03. The summed E-state index contributed by atoms with van der Waals surface area (Å²) in [6.45, 7) is 3.81. The average Bonchev–Trinajstić information content (AvgIpc) is 2.73. The van der Waals surface area contributed by atoms with E-state index in [1.54, 1.807) is 60.7 Å². The van der Waals surface area contributed by atoms with Crippen molar-refractivity contribution in [2.45, 2.75) is 42.5 Å². The van der Waals surface area contributed by atoms with Crippen molar-refractivity contribution < 1.29 is 18.3 Å². The molecule has 0 spiro atoms. The van der Waals surface area contributed by atoms with Gasteiger partial charge >= 0.3 is 5.97 Å². The molecule has 3 N–H and O–H groups in total. The third-order valence-corrected chi connectivity index (χ3v) is 6.81. The second-order valence-electron chi connectivity index (χ2n) is 7.34. The lowest BCUT2D eigenvalue weighted by Crippen LogP contribution is -2.17. The van der Waals surface area contributed by atoms with Crippen LogP contribution in [0, 0.1) is 0 Å². The van der Waals surface area contributed by atoms with E-state index >= 15 is 0 Å². The maximum absolute atomic E-state index is 13.0. The van der Waals surface area contributed by atoms with E-state index in [4.69, 9.17) is 5.73 Å². The van der Waals surface area contributed by atoms with Gasteiger partial charge in [-0.15, -0.1) is 0 Å². The van der Waals surface area contributed by atoms with Gasteiger partial charge in [-0.05, 0) is 72.4 Å². The molecule has 1 atom stereocenters. The first-order valence-corrected chi connectivity index (χ1v) is 11.3. The zero-order valence-electron chi connectivity index (χ0n) is 17.0. The van der Waals surface area contributed by atoms with Gasteiger partial charge in [0, 0.05) is 6.04 Å². The van der Waals surface area contributed by atoms with Gasteiger partial charge in [0.05, 0.1) is 15.4 Å². The topological polar surface area (TPSA) is 97.5 Å². The van der Waals surface area contributed by atoms with Crippen molar-refractivity contribution in [2.24, 2.45) is 5.73 Å². The van der Waals surface area contributed by atoms with E-state index in [1.807, 2.05) is 19.9 Å². The number of carboxylic acid groups (broad SMARTS) is 1. The summed E-state index contributed by atoms with van der Waals surface area (Å²) in [5.74, 6) is -0.972. The number of aromatic carboxylic acids is 1. The number of benzene rings is 3. The van der Waals surface area contributed by atoms with E-state index in [9.17, 15) is 18.3 Å². The Morgan fingerprint density at radius 3 is 2.03 bits per heavy atom. The smallest absolute Gasteiger partial charge is 0.335 e. The Morgan fingerprint density at radius 1 is 0.967 bits per heavy atom. The molecule has 0 saturated carbocycles. The van der Waals surface area contributed by atoms with Crippen LogP contribution in [0.4, 0.5) is 0 Å². The molecule has 0 saturated heterocycles. The number of hydrogen-bond acceptors (Lipinski definition) is 4. The van der Waals surface area contributed by atoms with Crippen LogP contribution in [0.25, 0.3) is 11.1 Å². The second-order valence-corrected chi connectivity index (χ2v) is 9.29. The first-order chi connectivity index (χ1) is 14.2. The highest BCUT2D eigenvalue weighted by Crippen LogP contribution is 2.29. The summed E-state index contributed by atoms with van der Waals surface area (Å²) in [4.78, 5) is 11.9. The molecule has 156 valence electrons. The number of rotatable bonds is 7. The van der Waals surface area contributed by atoms with Gasteiger partial charge in [-0.3, -0.25) is 0 Å². The average molecular weight is 424 g/mol. The number of nitrogens with two attached hydrogens (primary N) is 1. The van der Waals surface area contributed by atoms with Gasteiger partial charge in [-0.25, -0.2) is 13.2 Å². The number of carbonyl (C=O) groups is 1. The van der Waals surface area contributed by atoms with Crippen molar-refractivity contribution >= 4 is 15.8 Å². The van der Waals surface area contributed by atoms with Crippen LogP contribution in [0.5, 0.6) is 0 Å². The van der Waals surface area contributed by atoms with Crippen LogP contribution in [0.15, 0.2) is 76.5 Å². The minimum atomic E-state index is -3.65. The van der Waals surface area contributed by atoms with Gasteiger partial charge in [0.2, 0.25) is 9.84 Å². The molecular formula is C24H25NO4S. The molecule has 0 bridgehead atoms. The first kappa shape index (κ1) is 21.7. The van der Waals surface area contributed by atoms with E-state index in [2.05, 4.69) is 0 Å². The van der Waals surface area contributed by atoms with Crippen LogP contribution in [0.2, 0.25) is 0 Å². The Balaban J connectivity index is 1.94. The van der Waals surface area contributed by atoms with Crippen LogP contribution in [-0.4, -0.2) is 25.5 Å². The van der Waals surface area contributed by atoms with E-state index in [1.165, 1.54) is 0 Å². The quantitative estimate of drug-likeness (QED) is 0.589. The molecule has 5 nitrogen and oxygen atoms in total. The standard InChI is InChI=1S/C24H25NO4S/c1-3-21-22(5-4-6-23(21)24(26)27)18-9-13-20(14-10-18)30(28,29)19-11-7-17(8-12-19)15-16(2)25/h4-14,16H,3,15,25H2,1-2H3,(H,26,27). The maximum atomic E-state index is 13.0. The molecule has 30 heavy (non-hydrogen) atoms. The highest BCUT2D eigenvalue weighted by atomic mass is 32.2. The largest absolute Gasteiger partial charge is 0.478 e. The molecule has 0 heterocycles. The molecule has 0 fully saturated rings. The van der Waals surface area contributed by atoms with Gasteiger partial charge in [-0.1, -0.05) is 43.3 Å². The molecule has 6 heteroatoms. The molecule has 3 aromatic carbocycles. The predicted molar refractivity (Wildman–Crippen MR) is 117 cm³/mol. The fraction of sp³-hybridized carbons (Fsp3) is 0.208. The molecule has 1 unspecified atom stereocenters. The minimum absolute atomic E-state index is 0.00708. The normalized spacial score (nSPS) is 12.5. The third kappa shape index (κ3) is 4.45. The Kier molecular flexibility index (Phi) is 6.39. The van der Waals surface area contributed by atoms with Crippen molar-refractivity contribution in [1.82, 2.24) is 0 Å². The van der Waals surface area contributed by atoms with E-state index in [0.717, 1.165) is 22.3 Å². The molecule has 0 aliphatic carbocycles. The lowest BCUT2D eigenvalue weighted by Gasteiger charge is -2.12. The lowest BCUT2D eigenvalue weighted by atomic mass is 9.94. The van der Waals surface area contributed by atoms with Crippen molar-refractivity contribution in [2.75, 3.05) is 0 Å². The summed E-state index contributed by atoms with van der Waals surface area (Å²) in [5.41, 5.74) is 9.35. The van der Waals surface area contributed by atoms with Crippen molar-refractivity contribution in [3.8, 4) is 11.1 Å². The number of hydrogen-bond donors (Lipinski definition) is 2. The zero-order valence-corrected chi connectivity index (χ0v) is 17.8. The van der Waals surface area contributed by atoms with Crippen LogP contribution < -0.4 is 5.73 Å².